The summed E-state index contributed by atoms with van der Waals surface area (Å²) in [6.45, 7) is 5.53. The number of aliphatic hydroxyl groups excluding tert-OH is 1. The normalized spacial score (nSPS) is 13.8. The minimum atomic E-state index is -0.713. The van der Waals surface area contributed by atoms with Gasteiger partial charge >= 0.3 is 6.03 Å². The Kier molecular flexibility index (Phi) is 8.41. The number of benzene rings is 3. The van der Waals surface area contributed by atoms with Gasteiger partial charge in [-0.1, -0.05) is 6.07 Å². The van der Waals surface area contributed by atoms with E-state index in [0.717, 1.165) is 33.9 Å². The van der Waals surface area contributed by atoms with Crippen LogP contribution in [0.3, 0.4) is 0 Å². The van der Waals surface area contributed by atoms with Crippen molar-refractivity contribution >= 4 is 45.7 Å². The number of nitrogens with one attached hydrogen (secondary N) is 3. The van der Waals surface area contributed by atoms with Crippen molar-refractivity contribution in [2.45, 2.75) is 20.0 Å². The molecule has 3 aromatic carbocycles. The quantitative estimate of drug-likeness (QED) is 0.171. The number of halogens is 1. The predicted molar refractivity (Wildman–Crippen MR) is 170 cm³/mol. The molecule has 0 bridgehead atoms. The maximum atomic E-state index is 14.3. The van der Waals surface area contributed by atoms with Gasteiger partial charge in [0, 0.05) is 47.9 Å². The van der Waals surface area contributed by atoms with Gasteiger partial charge in [0.25, 0.3) is 0 Å². The molecule has 1 saturated heterocycles. The maximum Gasteiger partial charge on any atom is 0.323 e. The van der Waals surface area contributed by atoms with Gasteiger partial charge in [-0.05, 0) is 73.7 Å². The smallest absolute Gasteiger partial charge is 0.323 e. The number of hydrogen-bond donors (Lipinski definition) is 4. The summed E-state index contributed by atoms with van der Waals surface area (Å²) in [5.74, 6) is 1.36. The van der Waals surface area contributed by atoms with Crippen LogP contribution in [0.1, 0.15) is 25.7 Å². The van der Waals surface area contributed by atoms with Crippen LogP contribution in [-0.4, -0.2) is 53.3 Å². The minimum absolute atomic E-state index is 0.0272. The molecule has 0 aliphatic carbocycles. The molecule has 0 radical (unpaired) electrons. The molecule has 12 heteroatoms. The number of hydrogen-bond acceptors (Lipinski definition) is 8. The lowest BCUT2D eigenvalue weighted by atomic mass is 10.1. The van der Waals surface area contributed by atoms with E-state index in [4.69, 9.17) is 19.1 Å². The Balaban J connectivity index is 1.25. The van der Waals surface area contributed by atoms with Crippen LogP contribution in [-0.2, 0) is 9.53 Å². The summed E-state index contributed by atoms with van der Waals surface area (Å²) in [6, 6.07) is 20.0. The average Bonchev–Trinajstić information content (AvgIpc) is 3.53. The first kappa shape index (κ1) is 29.7. The molecule has 11 nitrogen and oxygen atoms in total. The third-order valence-corrected chi connectivity index (χ3v) is 7.25. The summed E-state index contributed by atoms with van der Waals surface area (Å²) >= 11 is 0. The number of furan rings is 1. The number of rotatable bonds is 7. The number of urea groups is 1. The largest absolute Gasteiger partial charge is 0.458 e. The number of anilines is 4. The molecule has 2 aromatic heterocycles. The van der Waals surface area contributed by atoms with Crippen LogP contribution in [0.15, 0.2) is 77.2 Å². The van der Waals surface area contributed by atoms with E-state index >= 15 is 0 Å². The van der Waals surface area contributed by atoms with Crippen molar-refractivity contribution in [1.29, 1.82) is 0 Å². The number of amides is 3. The van der Waals surface area contributed by atoms with E-state index in [0.29, 0.717) is 49.3 Å². The zero-order valence-corrected chi connectivity index (χ0v) is 24.6. The van der Waals surface area contributed by atoms with Crippen molar-refractivity contribution in [2.24, 2.45) is 0 Å². The van der Waals surface area contributed by atoms with Crippen LogP contribution in [0.5, 0.6) is 0 Å². The summed E-state index contributed by atoms with van der Waals surface area (Å²) in [6.07, 6.45) is -0.713. The molecule has 3 heterocycles. The number of fused-ring (bicyclic) bond motifs is 1. The Hall–Kier alpha value is -5.33. The second kappa shape index (κ2) is 12.7. The lowest BCUT2D eigenvalue weighted by Gasteiger charge is -2.29. The van der Waals surface area contributed by atoms with Crippen molar-refractivity contribution in [3.05, 3.63) is 84.4 Å². The van der Waals surface area contributed by atoms with E-state index in [1.807, 2.05) is 36.4 Å². The van der Waals surface area contributed by atoms with Gasteiger partial charge in [-0.15, -0.1) is 0 Å². The first-order valence-electron chi connectivity index (χ1n) is 14.4. The van der Waals surface area contributed by atoms with E-state index in [-0.39, 0.29) is 11.4 Å². The molecule has 0 spiro atoms. The van der Waals surface area contributed by atoms with E-state index in [2.05, 4.69) is 20.9 Å². The minimum Gasteiger partial charge on any atom is -0.458 e. The van der Waals surface area contributed by atoms with Gasteiger partial charge < -0.3 is 35.1 Å². The zero-order chi connectivity index (χ0) is 31.5. The van der Waals surface area contributed by atoms with E-state index in [9.17, 15) is 19.1 Å². The van der Waals surface area contributed by atoms with Gasteiger partial charge in [-0.25, -0.2) is 19.2 Å². The van der Waals surface area contributed by atoms with Crippen molar-refractivity contribution in [3.63, 3.8) is 0 Å². The fourth-order valence-electron chi connectivity index (χ4n) is 5.02. The summed E-state index contributed by atoms with van der Waals surface area (Å²) in [5, 5.41) is 18.5. The highest BCUT2D eigenvalue weighted by Gasteiger charge is 2.19. The lowest BCUT2D eigenvalue weighted by molar-refractivity contribution is -0.114. The molecule has 230 valence electrons. The Morgan fingerprint density at radius 2 is 1.60 bits per heavy atom. The molecule has 1 aliphatic heterocycles. The monoisotopic (exact) mass is 610 g/mol. The zero-order valence-electron chi connectivity index (χ0n) is 24.6. The van der Waals surface area contributed by atoms with Crippen LogP contribution in [0.25, 0.3) is 33.6 Å². The van der Waals surface area contributed by atoms with Gasteiger partial charge in [0.05, 0.1) is 24.4 Å². The third kappa shape index (κ3) is 6.77. The lowest BCUT2D eigenvalue weighted by Crippen LogP contribution is -2.37. The molecular formula is C33H31FN6O5. The topological polar surface area (TPSA) is 142 Å². The van der Waals surface area contributed by atoms with Crippen LogP contribution in [0.4, 0.5) is 32.1 Å². The SMILES string of the molecule is CC(=O)Nc1ccc(NC(=O)Nc2ccc(-c3nc(N4CCOCC4)c4ccc(-c5ccc(C(C)O)o5)cc4n3)cc2)cc1F. The van der Waals surface area contributed by atoms with Crippen molar-refractivity contribution in [2.75, 3.05) is 47.2 Å². The number of aliphatic hydroxyl groups is 1. The Bertz CT molecular complexity index is 1870. The standard InChI is InChI=1S/C33H31FN6O5/c1-19(41)29-11-12-30(45-29)22-5-9-25-28(17-22)38-31(39-32(25)40-13-15-44-16-14-40)21-3-6-23(7-4-21)36-33(43)37-24-8-10-27(26(34)18-24)35-20(2)42/h3-12,17-19,41H,13-16H2,1-2H3,(H,35,42)(H2,36,37,43). The molecule has 4 N–H and O–H groups in total. The number of carbonyl (C=O) groups excluding carboxylic acids is 2. The Labute approximate surface area is 258 Å². The number of nitrogens with zero attached hydrogens (tertiary/aromatic N) is 3. The van der Waals surface area contributed by atoms with Crippen LogP contribution in [0.2, 0.25) is 0 Å². The van der Waals surface area contributed by atoms with Crippen LogP contribution < -0.4 is 20.9 Å². The van der Waals surface area contributed by atoms with Crippen LogP contribution >= 0.6 is 0 Å². The first-order chi connectivity index (χ1) is 21.7. The number of ether oxygens (including phenoxy) is 1. The number of aromatic nitrogens is 2. The number of morpholine rings is 1. The molecule has 1 unspecified atom stereocenters. The molecule has 1 fully saturated rings. The molecule has 1 aliphatic rings. The molecule has 0 saturated carbocycles. The fourth-order valence-corrected chi connectivity index (χ4v) is 5.02. The third-order valence-electron chi connectivity index (χ3n) is 7.25. The van der Waals surface area contributed by atoms with Crippen molar-refractivity contribution < 1.29 is 28.2 Å². The summed E-state index contributed by atoms with van der Waals surface area (Å²) in [5.41, 5.74) is 3.06. The average molecular weight is 611 g/mol. The van der Waals surface area contributed by atoms with Gasteiger partial charge in [0.15, 0.2) is 5.82 Å². The molecular weight excluding hydrogens is 579 g/mol. The highest BCUT2D eigenvalue weighted by Crippen LogP contribution is 2.33. The van der Waals surface area contributed by atoms with Crippen molar-refractivity contribution in [3.8, 4) is 22.7 Å². The van der Waals surface area contributed by atoms with Crippen molar-refractivity contribution in [1.82, 2.24) is 9.97 Å². The second-order valence-corrected chi connectivity index (χ2v) is 10.6. The molecule has 3 amide bonds. The fraction of sp³-hybridized carbons (Fsp3) is 0.212. The molecule has 45 heavy (non-hydrogen) atoms. The van der Waals surface area contributed by atoms with E-state index in [1.54, 1.807) is 25.1 Å². The highest BCUT2D eigenvalue weighted by molar-refractivity contribution is 6.00. The van der Waals surface area contributed by atoms with E-state index < -0.39 is 23.9 Å². The summed E-state index contributed by atoms with van der Waals surface area (Å²) in [4.78, 5) is 35.8. The highest BCUT2D eigenvalue weighted by atomic mass is 19.1. The van der Waals surface area contributed by atoms with Gasteiger partial charge in [-0.3, -0.25) is 4.79 Å². The summed E-state index contributed by atoms with van der Waals surface area (Å²) in [7, 11) is 0. The predicted octanol–water partition coefficient (Wildman–Crippen LogP) is 6.19. The number of carbonyl (C=O) groups is 2. The van der Waals surface area contributed by atoms with Gasteiger partial charge in [-0.2, -0.15) is 0 Å². The molecule has 1 atom stereocenters. The molecule has 5 aromatic rings. The Morgan fingerprint density at radius 1 is 0.889 bits per heavy atom. The van der Waals surface area contributed by atoms with E-state index in [1.165, 1.54) is 19.1 Å². The van der Waals surface area contributed by atoms with Gasteiger partial charge in [0.2, 0.25) is 5.91 Å². The van der Waals surface area contributed by atoms with Crippen LogP contribution in [0, 0.1) is 5.82 Å². The summed E-state index contributed by atoms with van der Waals surface area (Å²) < 4.78 is 25.7. The Morgan fingerprint density at radius 3 is 2.29 bits per heavy atom. The first-order valence-corrected chi connectivity index (χ1v) is 14.4. The second-order valence-electron chi connectivity index (χ2n) is 10.6. The maximum absolute atomic E-state index is 14.3. The van der Waals surface area contributed by atoms with Gasteiger partial charge in [0.1, 0.15) is 29.3 Å². The molecule has 6 rings (SSSR count).